The van der Waals surface area contributed by atoms with Gasteiger partial charge in [-0.3, -0.25) is 0 Å². The van der Waals surface area contributed by atoms with E-state index in [9.17, 15) is 12.8 Å². The Labute approximate surface area is 112 Å². The third-order valence-electron chi connectivity index (χ3n) is 3.16. The standard InChI is InChI=1S/C13H17FN2O2S/c14-12-9-11(5-6-13(12)15)19(17,18)16-8-7-10-3-1-2-4-10/h3,5-6,9,16H,1-2,4,7-8,15H2. The Morgan fingerprint density at radius 3 is 2.79 bits per heavy atom. The Bertz CT molecular complexity index is 597. The molecule has 6 heteroatoms. The molecule has 0 atom stereocenters. The van der Waals surface area contributed by atoms with Crippen LogP contribution in [0.25, 0.3) is 0 Å². The zero-order valence-electron chi connectivity index (χ0n) is 10.5. The molecule has 104 valence electrons. The van der Waals surface area contributed by atoms with Gasteiger partial charge in [-0.15, -0.1) is 0 Å². The molecular formula is C13H17FN2O2S. The van der Waals surface area contributed by atoms with Gasteiger partial charge in [-0.05, 0) is 43.9 Å². The van der Waals surface area contributed by atoms with Crippen LogP contribution in [0.5, 0.6) is 0 Å². The van der Waals surface area contributed by atoms with Crippen molar-refractivity contribution in [3.63, 3.8) is 0 Å². The molecule has 0 radical (unpaired) electrons. The number of allylic oxidation sites excluding steroid dienone is 1. The number of hydrogen-bond acceptors (Lipinski definition) is 3. The summed E-state index contributed by atoms with van der Waals surface area (Å²) in [6.07, 6.45) is 6.11. The van der Waals surface area contributed by atoms with Gasteiger partial charge >= 0.3 is 0 Å². The third-order valence-corrected chi connectivity index (χ3v) is 4.61. The second-order valence-corrected chi connectivity index (χ2v) is 6.35. The zero-order chi connectivity index (χ0) is 13.9. The van der Waals surface area contributed by atoms with E-state index in [1.54, 1.807) is 0 Å². The van der Waals surface area contributed by atoms with Crippen molar-refractivity contribution in [2.75, 3.05) is 12.3 Å². The van der Waals surface area contributed by atoms with Crippen LogP contribution in [0, 0.1) is 5.82 Å². The lowest BCUT2D eigenvalue weighted by Gasteiger charge is -2.08. The predicted molar refractivity (Wildman–Crippen MR) is 72.6 cm³/mol. The van der Waals surface area contributed by atoms with Crippen molar-refractivity contribution in [2.45, 2.75) is 30.6 Å². The average molecular weight is 284 g/mol. The first-order chi connectivity index (χ1) is 8.99. The van der Waals surface area contributed by atoms with Crippen LogP contribution in [0.2, 0.25) is 0 Å². The van der Waals surface area contributed by atoms with Crippen molar-refractivity contribution in [1.82, 2.24) is 4.72 Å². The summed E-state index contributed by atoms with van der Waals surface area (Å²) in [4.78, 5) is -0.0976. The van der Waals surface area contributed by atoms with Crippen LogP contribution in [0.3, 0.4) is 0 Å². The van der Waals surface area contributed by atoms with E-state index in [0.717, 1.165) is 25.3 Å². The van der Waals surface area contributed by atoms with E-state index in [1.165, 1.54) is 17.7 Å². The Kier molecular flexibility index (Phi) is 4.21. The van der Waals surface area contributed by atoms with Gasteiger partial charge in [0.2, 0.25) is 10.0 Å². The molecule has 1 aromatic rings. The van der Waals surface area contributed by atoms with Gasteiger partial charge in [0.1, 0.15) is 5.82 Å². The second kappa shape index (κ2) is 5.71. The van der Waals surface area contributed by atoms with Crippen molar-refractivity contribution in [3.05, 3.63) is 35.7 Å². The summed E-state index contributed by atoms with van der Waals surface area (Å²) in [5.41, 5.74) is 6.54. The van der Waals surface area contributed by atoms with Crippen molar-refractivity contribution in [1.29, 1.82) is 0 Å². The van der Waals surface area contributed by atoms with Crippen molar-refractivity contribution >= 4 is 15.7 Å². The number of nitrogen functional groups attached to an aromatic ring is 1. The normalized spacial score (nSPS) is 15.5. The summed E-state index contributed by atoms with van der Waals surface area (Å²) in [6.45, 7) is 0.333. The molecule has 0 aliphatic heterocycles. The van der Waals surface area contributed by atoms with Gasteiger partial charge in [0, 0.05) is 6.54 Å². The Morgan fingerprint density at radius 1 is 1.37 bits per heavy atom. The highest BCUT2D eigenvalue weighted by molar-refractivity contribution is 7.89. The molecule has 1 aliphatic carbocycles. The zero-order valence-corrected chi connectivity index (χ0v) is 11.3. The Morgan fingerprint density at radius 2 is 2.16 bits per heavy atom. The number of halogens is 1. The van der Waals surface area contributed by atoms with Crippen molar-refractivity contribution in [3.8, 4) is 0 Å². The fourth-order valence-corrected chi connectivity index (χ4v) is 3.11. The molecule has 0 amide bonds. The SMILES string of the molecule is Nc1ccc(S(=O)(=O)NCCC2=CCCC2)cc1F. The maximum atomic E-state index is 13.3. The van der Waals surface area contributed by atoms with E-state index in [4.69, 9.17) is 5.73 Å². The molecule has 3 N–H and O–H groups in total. The molecule has 0 spiro atoms. The summed E-state index contributed by atoms with van der Waals surface area (Å²) in [5, 5.41) is 0. The van der Waals surface area contributed by atoms with Crippen LogP contribution >= 0.6 is 0 Å². The number of nitrogens with two attached hydrogens (primary N) is 1. The van der Waals surface area contributed by atoms with E-state index in [-0.39, 0.29) is 10.6 Å². The maximum Gasteiger partial charge on any atom is 0.240 e. The molecule has 0 bridgehead atoms. The summed E-state index contributed by atoms with van der Waals surface area (Å²) in [7, 11) is -3.66. The van der Waals surface area contributed by atoms with Crippen LogP contribution in [-0.2, 0) is 10.0 Å². The molecule has 0 unspecified atom stereocenters. The third kappa shape index (κ3) is 3.54. The van der Waals surface area contributed by atoms with E-state index in [0.29, 0.717) is 13.0 Å². The number of nitrogens with one attached hydrogen (secondary N) is 1. The lowest BCUT2D eigenvalue weighted by molar-refractivity contribution is 0.578. The lowest BCUT2D eigenvalue weighted by Crippen LogP contribution is -2.25. The molecule has 1 aliphatic rings. The van der Waals surface area contributed by atoms with Crippen LogP contribution < -0.4 is 10.5 Å². The number of hydrogen-bond donors (Lipinski definition) is 2. The number of rotatable bonds is 5. The molecule has 1 aromatic carbocycles. The molecule has 0 fully saturated rings. The van der Waals surface area contributed by atoms with E-state index in [1.807, 2.05) is 0 Å². The number of anilines is 1. The van der Waals surface area contributed by atoms with Crippen molar-refractivity contribution in [2.24, 2.45) is 0 Å². The van der Waals surface area contributed by atoms with E-state index < -0.39 is 15.8 Å². The molecule has 0 aromatic heterocycles. The Hall–Kier alpha value is -1.40. The smallest absolute Gasteiger partial charge is 0.240 e. The maximum absolute atomic E-state index is 13.3. The molecule has 4 nitrogen and oxygen atoms in total. The van der Waals surface area contributed by atoms with Gasteiger partial charge in [0.15, 0.2) is 0 Å². The summed E-state index contributed by atoms with van der Waals surface area (Å²) in [5.74, 6) is -0.721. The second-order valence-electron chi connectivity index (χ2n) is 4.59. The quantitative estimate of drug-likeness (QED) is 0.643. The molecule has 0 heterocycles. The number of sulfonamides is 1. The van der Waals surface area contributed by atoms with Crippen molar-refractivity contribution < 1.29 is 12.8 Å². The first-order valence-corrected chi connectivity index (χ1v) is 7.70. The number of benzene rings is 1. The topological polar surface area (TPSA) is 72.2 Å². The largest absolute Gasteiger partial charge is 0.396 e. The minimum Gasteiger partial charge on any atom is -0.396 e. The Balaban J connectivity index is 1.99. The van der Waals surface area contributed by atoms with Crippen LogP contribution in [-0.4, -0.2) is 15.0 Å². The van der Waals surface area contributed by atoms with Gasteiger partial charge in [-0.1, -0.05) is 11.6 Å². The average Bonchev–Trinajstić information content (AvgIpc) is 2.85. The van der Waals surface area contributed by atoms with E-state index in [2.05, 4.69) is 10.8 Å². The van der Waals surface area contributed by atoms with Gasteiger partial charge in [-0.25, -0.2) is 17.5 Å². The monoisotopic (exact) mass is 284 g/mol. The fraction of sp³-hybridized carbons (Fsp3) is 0.385. The highest BCUT2D eigenvalue weighted by Gasteiger charge is 2.15. The lowest BCUT2D eigenvalue weighted by atomic mass is 10.2. The highest BCUT2D eigenvalue weighted by atomic mass is 32.2. The van der Waals surface area contributed by atoms with Gasteiger partial charge in [0.25, 0.3) is 0 Å². The molecule has 2 rings (SSSR count). The summed E-state index contributed by atoms with van der Waals surface area (Å²) < 4.78 is 39.6. The van der Waals surface area contributed by atoms with Gasteiger partial charge in [0.05, 0.1) is 10.6 Å². The minimum absolute atomic E-state index is 0.0601. The molecule has 0 saturated heterocycles. The molecular weight excluding hydrogens is 267 g/mol. The van der Waals surface area contributed by atoms with Gasteiger partial charge < -0.3 is 5.73 Å². The minimum atomic E-state index is -3.66. The first-order valence-electron chi connectivity index (χ1n) is 6.21. The van der Waals surface area contributed by atoms with E-state index >= 15 is 0 Å². The predicted octanol–water partition coefficient (Wildman–Crippen LogP) is 2.19. The van der Waals surface area contributed by atoms with Crippen LogP contribution in [0.4, 0.5) is 10.1 Å². The molecule has 0 saturated carbocycles. The molecule has 19 heavy (non-hydrogen) atoms. The van der Waals surface area contributed by atoms with Crippen LogP contribution in [0.15, 0.2) is 34.7 Å². The van der Waals surface area contributed by atoms with Gasteiger partial charge in [-0.2, -0.15) is 0 Å². The summed E-state index contributed by atoms with van der Waals surface area (Å²) in [6, 6.07) is 3.49. The highest BCUT2D eigenvalue weighted by Crippen LogP contribution is 2.20. The first kappa shape index (κ1) is 14.0. The van der Waals surface area contributed by atoms with Crippen LogP contribution in [0.1, 0.15) is 25.7 Å². The fourth-order valence-electron chi connectivity index (χ4n) is 2.07. The summed E-state index contributed by atoms with van der Waals surface area (Å²) >= 11 is 0.